The smallest absolute Gasteiger partial charge is 0.135 e. The Labute approximate surface area is 118 Å². The molecule has 0 fully saturated rings. The molecule has 0 radical (unpaired) electrons. The van der Waals surface area contributed by atoms with Gasteiger partial charge in [0, 0.05) is 22.4 Å². The van der Waals surface area contributed by atoms with Crippen LogP contribution in [0.4, 0.5) is 11.6 Å². The standard InChI is InChI=1S/C14H20N4S/c1-4-5-12-13(15-3)17-9-18-14(12)16-8-11-7-6-10(2)19-11/h6-7,9H,4-5,8H2,1-3H3,(H2,15,16,17,18). The first-order valence-electron chi connectivity index (χ1n) is 6.55. The summed E-state index contributed by atoms with van der Waals surface area (Å²) >= 11 is 1.81. The van der Waals surface area contributed by atoms with Gasteiger partial charge in [0.05, 0.1) is 6.54 Å². The first kappa shape index (κ1) is 13.8. The van der Waals surface area contributed by atoms with Crippen molar-refractivity contribution in [1.82, 2.24) is 9.97 Å². The molecule has 19 heavy (non-hydrogen) atoms. The van der Waals surface area contributed by atoms with E-state index in [1.54, 1.807) is 6.33 Å². The fraction of sp³-hybridized carbons (Fsp3) is 0.429. The molecule has 0 spiro atoms. The molecule has 2 rings (SSSR count). The van der Waals surface area contributed by atoms with Gasteiger partial charge in [-0.2, -0.15) is 0 Å². The molecular weight excluding hydrogens is 256 g/mol. The monoisotopic (exact) mass is 276 g/mol. The lowest BCUT2D eigenvalue weighted by atomic mass is 10.1. The van der Waals surface area contributed by atoms with E-state index < -0.39 is 0 Å². The van der Waals surface area contributed by atoms with Crippen molar-refractivity contribution in [2.45, 2.75) is 33.2 Å². The average molecular weight is 276 g/mol. The first-order valence-corrected chi connectivity index (χ1v) is 7.37. The first-order chi connectivity index (χ1) is 9.24. The molecule has 102 valence electrons. The van der Waals surface area contributed by atoms with Crippen LogP contribution in [0.2, 0.25) is 0 Å². The number of nitrogens with zero attached hydrogens (tertiary/aromatic N) is 2. The zero-order valence-electron chi connectivity index (χ0n) is 11.7. The van der Waals surface area contributed by atoms with Crippen molar-refractivity contribution in [3.63, 3.8) is 0 Å². The van der Waals surface area contributed by atoms with Gasteiger partial charge in [0.2, 0.25) is 0 Å². The van der Waals surface area contributed by atoms with Crippen molar-refractivity contribution < 1.29 is 0 Å². The highest BCUT2D eigenvalue weighted by atomic mass is 32.1. The maximum atomic E-state index is 4.37. The number of thiophene rings is 1. The minimum atomic E-state index is 0.815. The normalized spacial score (nSPS) is 10.5. The molecule has 2 aromatic heterocycles. The molecule has 0 saturated heterocycles. The lowest BCUT2D eigenvalue weighted by molar-refractivity contribution is 0.899. The molecule has 0 saturated carbocycles. The van der Waals surface area contributed by atoms with Crippen LogP contribution in [0.15, 0.2) is 18.5 Å². The summed E-state index contributed by atoms with van der Waals surface area (Å²) in [7, 11) is 1.90. The highest BCUT2D eigenvalue weighted by molar-refractivity contribution is 7.11. The molecule has 0 aliphatic carbocycles. The third kappa shape index (κ3) is 3.44. The van der Waals surface area contributed by atoms with E-state index in [0.29, 0.717) is 0 Å². The van der Waals surface area contributed by atoms with Crippen molar-refractivity contribution >= 4 is 23.0 Å². The largest absolute Gasteiger partial charge is 0.373 e. The predicted octanol–water partition coefficient (Wildman–Crippen LogP) is 3.45. The number of aromatic nitrogens is 2. The molecule has 4 nitrogen and oxygen atoms in total. The Balaban J connectivity index is 2.14. The van der Waals surface area contributed by atoms with Gasteiger partial charge in [-0.1, -0.05) is 13.3 Å². The molecule has 2 aromatic rings. The van der Waals surface area contributed by atoms with Crippen LogP contribution >= 0.6 is 11.3 Å². The Hall–Kier alpha value is -1.62. The molecule has 0 atom stereocenters. The molecule has 2 N–H and O–H groups in total. The summed E-state index contributed by atoms with van der Waals surface area (Å²) in [6.07, 6.45) is 3.66. The Morgan fingerprint density at radius 1 is 1.21 bits per heavy atom. The van der Waals surface area contributed by atoms with E-state index in [0.717, 1.165) is 31.0 Å². The Morgan fingerprint density at radius 3 is 2.63 bits per heavy atom. The molecule has 0 bridgehead atoms. The second-order valence-electron chi connectivity index (χ2n) is 4.42. The minimum Gasteiger partial charge on any atom is -0.373 e. The van der Waals surface area contributed by atoms with Crippen molar-refractivity contribution in [3.8, 4) is 0 Å². The number of aryl methyl sites for hydroxylation is 1. The van der Waals surface area contributed by atoms with Gasteiger partial charge in [-0.15, -0.1) is 11.3 Å². The van der Waals surface area contributed by atoms with Gasteiger partial charge < -0.3 is 10.6 Å². The van der Waals surface area contributed by atoms with E-state index in [2.05, 4.69) is 46.6 Å². The topological polar surface area (TPSA) is 49.8 Å². The maximum Gasteiger partial charge on any atom is 0.135 e. The van der Waals surface area contributed by atoms with Gasteiger partial charge >= 0.3 is 0 Å². The van der Waals surface area contributed by atoms with Crippen LogP contribution in [0.5, 0.6) is 0 Å². The summed E-state index contributed by atoms with van der Waals surface area (Å²) in [6, 6.07) is 4.31. The molecule has 0 aromatic carbocycles. The lowest BCUT2D eigenvalue weighted by Crippen LogP contribution is -2.08. The van der Waals surface area contributed by atoms with E-state index >= 15 is 0 Å². The Kier molecular flexibility index (Phi) is 4.74. The van der Waals surface area contributed by atoms with E-state index in [1.165, 1.54) is 15.3 Å². The molecule has 5 heteroatoms. The number of hydrogen-bond donors (Lipinski definition) is 2. The van der Waals surface area contributed by atoms with Gasteiger partial charge in [0.25, 0.3) is 0 Å². The van der Waals surface area contributed by atoms with E-state index in [4.69, 9.17) is 0 Å². The zero-order valence-corrected chi connectivity index (χ0v) is 12.5. The predicted molar refractivity (Wildman–Crippen MR) is 82.0 cm³/mol. The summed E-state index contributed by atoms with van der Waals surface area (Å²) < 4.78 is 0. The molecular formula is C14H20N4S. The second-order valence-corrected chi connectivity index (χ2v) is 5.79. The summed E-state index contributed by atoms with van der Waals surface area (Å²) in [6.45, 7) is 5.11. The van der Waals surface area contributed by atoms with E-state index in [-0.39, 0.29) is 0 Å². The summed E-state index contributed by atoms with van der Waals surface area (Å²) in [5, 5.41) is 6.56. The van der Waals surface area contributed by atoms with E-state index in [1.807, 2.05) is 18.4 Å². The van der Waals surface area contributed by atoms with Crippen molar-refractivity contribution in [2.75, 3.05) is 17.7 Å². The van der Waals surface area contributed by atoms with Crippen molar-refractivity contribution in [2.24, 2.45) is 0 Å². The third-order valence-corrected chi connectivity index (χ3v) is 3.91. The maximum absolute atomic E-state index is 4.37. The van der Waals surface area contributed by atoms with Gasteiger partial charge in [-0.05, 0) is 25.5 Å². The van der Waals surface area contributed by atoms with Crippen LogP contribution in [-0.2, 0) is 13.0 Å². The number of anilines is 2. The van der Waals surface area contributed by atoms with E-state index in [9.17, 15) is 0 Å². The van der Waals surface area contributed by atoms with Crippen LogP contribution in [0.3, 0.4) is 0 Å². The van der Waals surface area contributed by atoms with Gasteiger partial charge in [-0.3, -0.25) is 0 Å². The summed E-state index contributed by atoms with van der Waals surface area (Å²) in [4.78, 5) is 11.3. The molecule has 0 amide bonds. The Bertz CT molecular complexity index is 536. The molecule has 2 heterocycles. The fourth-order valence-corrected chi connectivity index (χ4v) is 2.85. The zero-order chi connectivity index (χ0) is 13.7. The van der Waals surface area contributed by atoms with Crippen LogP contribution < -0.4 is 10.6 Å². The second kappa shape index (κ2) is 6.52. The third-order valence-electron chi connectivity index (χ3n) is 2.91. The minimum absolute atomic E-state index is 0.815. The molecule has 0 aliphatic heterocycles. The highest BCUT2D eigenvalue weighted by Gasteiger charge is 2.09. The SMILES string of the molecule is CCCc1c(NC)ncnc1NCc1ccc(C)s1. The van der Waals surface area contributed by atoms with Crippen LogP contribution in [0.1, 0.15) is 28.7 Å². The van der Waals surface area contributed by atoms with Crippen molar-refractivity contribution in [3.05, 3.63) is 33.8 Å². The van der Waals surface area contributed by atoms with Gasteiger partial charge in [0.1, 0.15) is 18.0 Å². The van der Waals surface area contributed by atoms with Crippen molar-refractivity contribution in [1.29, 1.82) is 0 Å². The van der Waals surface area contributed by atoms with Crippen LogP contribution in [-0.4, -0.2) is 17.0 Å². The highest BCUT2D eigenvalue weighted by Crippen LogP contribution is 2.23. The lowest BCUT2D eigenvalue weighted by Gasteiger charge is -2.13. The average Bonchev–Trinajstić information content (AvgIpc) is 2.83. The molecule has 0 unspecified atom stereocenters. The fourth-order valence-electron chi connectivity index (χ4n) is 2.02. The number of rotatable bonds is 6. The number of nitrogens with one attached hydrogen (secondary N) is 2. The summed E-state index contributed by atoms with van der Waals surface area (Å²) in [5.41, 5.74) is 1.17. The summed E-state index contributed by atoms with van der Waals surface area (Å²) in [5.74, 6) is 1.86. The molecule has 0 aliphatic rings. The number of hydrogen-bond acceptors (Lipinski definition) is 5. The quantitative estimate of drug-likeness (QED) is 0.848. The Morgan fingerprint density at radius 2 is 2.00 bits per heavy atom. The van der Waals surface area contributed by atoms with Crippen LogP contribution in [0.25, 0.3) is 0 Å². The van der Waals surface area contributed by atoms with Gasteiger partial charge in [-0.25, -0.2) is 9.97 Å². The van der Waals surface area contributed by atoms with Gasteiger partial charge in [0.15, 0.2) is 0 Å². The van der Waals surface area contributed by atoms with Crippen LogP contribution in [0, 0.1) is 6.92 Å².